The monoisotopic (exact) mass is 395 g/mol. The number of carbonyl (C=O) groups excluding carboxylic acids is 2. The minimum absolute atomic E-state index is 0. The number of hydrogen-bond acceptors (Lipinski definition) is 7. The third kappa shape index (κ3) is 4.00. The van der Waals surface area contributed by atoms with Gasteiger partial charge in [0.15, 0.2) is 0 Å². The van der Waals surface area contributed by atoms with E-state index < -0.39 is 11.6 Å². The van der Waals surface area contributed by atoms with E-state index in [9.17, 15) is 14.7 Å². The first-order valence-electron chi connectivity index (χ1n) is 9.08. The maximum atomic E-state index is 12.4. The summed E-state index contributed by atoms with van der Waals surface area (Å²) in [5.74, 6) is -1.22. The van der Waals surface area contributed by atoms with Crippen LogP contribution in [0.15, 0.2) is 18.3 Å². The summed E-state index contributed by atoms with van der Waals surface area (Å²) in [6, 6.07) is 4.10. The van der Waals surface area contributed by atoms with Crippen LogP contribution in [0.1, 0.15) is 44.0 Å². The molecule has 1 amide bonds. The van der Waals surface area contributed by atoms with Crippen molar-refractivity contribution < 1.29 is 38.3 Å². The van der Waals surface area contributed by atoms with E-state index in [0.29, 0.717) is 13.1 Å². The molecule has 0 aliphatic carbocycles. The second-order valence-electron chi connectivity index (χ2n) is 8.16. The smallest absolute Gasteiger partial charge is 0.545 e. The van der Waals surface area contributed by atoms with Gasteiger partial charge in [-0.05, 0) is 45.7 Å². The number of nitrogens with zero attached hydrogens (tertiary/aromatic N) is 3. The molecule has 2 saturated heterocycles. The van der Waals surface area contributed by atoms with Gasteiger partial charge in [0.05, 0.1) is 21.2 Å². The van der Waals surface area contributed by atoms with Crippen molar-refractivity contribution in [2.24, 2.45) is 0 Å². The maximum Gasteiger partial charge on any atom is 1.00 e. The summed E-state index contributed by atoms with van der Waals surface area (Å²) in [7, 11) is 0. The summed E-state index contributed by atoms with van der Waals surface area (Å²) >= 11 is 1.54. The predicted octanol–water partition coefficient (Wildman–Crippen LogP) is -0.748. The molecular weight excluding hydrogens is 373 g/mol. The molecule has 144 valence electrons. The fraction of sp³-hybridized carbons (Fsp3) is 0.526. The van der Waals surface area contributed by atoms with Gasteiger partial charge in [-0.2, -0.15) is 0 Å². The minimum Gasteiger partial charge on any atom is -0.545 e. The van der Waals surface area contributed by atoms with Gasteiger partial charge >= 0.3 is 25.0 Å². The molecule has 0 spiro atoms. The fourth-order valence-corrected chi connectivity index (χ4v) is 5.08. The van der Waals surface area contributed by atoms with Crippen LogP contribution >= 0.6 is 11.3 Å². The van der Waals surface area contributed by atoms with Crippen LogP contribution in [-0.4, -0.2) is 52.7 Å². The quantitative estimate of drug-likeness (QED) is 0.623. The molecule has 2 aliphatic rings. The van der Waals surface area contributed by atoms with E-state index >= 15 is 0 Å². The number of pyridine rings is 1. The Hall–Kier alpha value is -1.75. The zero-order valence-electron chi connectivity index (χ0n) is 16.6. The van der Waals surface area contributed by atoms with Gasteiger partial charge in [0, 0.05) is 36.9 Å². The third-order valence-electron chi connectivity index (χ3n) is 4.98. The summed E-state index contributed by atoms with van der Waals surface area (Å²) in [6.07, 6.45) is 3.13. The number of aromatic carboxylic acids is 1. The average molecular weight is 395 g/mol. The van der Waals surface area contributed by atoms with E-state index in [1.165, 1.54) is 6.20 Å². The molecule has 2 atom stereocenters. The van der Waals surface area contributed by atoms with E-state index in [0.717, 1.165) is 28.1 Å². The Bertz CT molecular complexity index is 896. The van der Waals surface area contributed by atoms with Crippen LogP contribution in [-0.2, 0) is 4.74 Å². The van der Waals surface area contributed by atoms with E-state index in [1.807, 2.05) is 31.7 Å². The van der Waals surface area contributed by atoms with Crippen molar-refractivity contribution in [1.29, 1.82) is 0 Å². The number of thiophene rings is 1. The molecule has 4 heterocycles. The topological polar surface area (TPSA) is 85.8 Å². The molecule has 7 nitrogen and oxygen atoms in total. The van der Waals surface area contributed by atoms with Crippen LogP contribution < -0.4 is 28.9 Å². The number of ether oxygens (including phenoxy) is 1. The second kappa shape index (κ2) is 7.58. The number of rotatable bonds is 2. The Labute approximate surface area is 179 Å². The first-order valence-corrected chi connectivity index (χ1v) is 9.90. The Morgan fingerprint density at radius 2 is 1.86 bits per heavy atom. The summed E-state index contributed by atoms with van der Waals surface area (Å²) in [6.45, 7) is 6.90. The van der Waals surface area contributed by atoms with E-state index in [2.05, 4.69) is 9.88 Å². The van der Waals surface area contributed by atoms with Crippen molar-refractivity contribution in [2.45, 2.75) is 51.3 Å². The molecule has 2 aliphatic heterocycles. The van der Waals surface area contributed by atoms with E-state index in [4.69, 9.17) is 4.74 Å². The van der Waals surface area contributed by atoms with Crippen LogP contribution in [0.3, 0.4) is 0 Å². The van der Waals surface area contributed by atoms with Crippen molar-refractivity contribution in [3.8, 4) is 0 Å². The zero-order chi connectivity index (χ0) is 19.3. The standard InChI is InChI=1S/C19H23N3O4S.Li/c1-19(2,3)26-18(25)21-9-12-4-5-13(10-21)22(12)16-7-14-15(27-16)6-11(8-20-14)17(23)24;/h6-8,12-13H,4-5,9-10H2,1-3H3,(H,23,24);/q;+1/p-1. The van der Waals surface area contributed by atoms with Crippen LogP contribution in [0.2, 0.25) is 0 Å². The van der Waals surface area contributed by atoms with Gasteiger partial charge in [0.25, 0.3) is 0 Å². The number of amides is 1. The number of carbonyl (C=O) groups is 2. The zero-order valence-corrected chi connectivity index (χ0v) is 17.4. The van der Waals surface area contributed by atoms with Gasteiger partial charge in [-0.3, -0.25) is 4.98 Å². The van der Waals surface area contributed by atoms with Crippen molar-refractivity contribution in [2.75, 3.05) is 18.0 Å². The van der Waals surface area contributed by atoms with Crippen molar-refractivity contribution in [1.82, 2.24) is 9.88 Å². The van der Waals surface area contributed by atoms with Gasteiger partial charge in [0.1, 0.15) is 5.60 Å². The number of fused-ring (bicyclic) bond motifs is 3. The molecule has 0 saturated carbocycles. The molecule has 0 aromatic carbocycles. The summed E-state index contributed by atoms with van der Waals surface area (Å²) in [5.41, 5.74) is 0.379. The fourth-order valence-electron chi connectivity index (χ4n) is 3.88. The molecule has 2 aromatic rings. The summed E-state index contributed by atoms with van der Waals surface area (Å²) in [5, 5.41) is 12.1. The molecule has 2 aromatic heterocycles. The number of carboxylic acid groups (broad SMARTS) is 1. The number of hydrogen-bond donors (Lipinski definition) is 0. The normalized spacial score (nSPS) is 21.5. The molecule has 0 N–H and O–H groups in total. The molecule has 0 radical (unpaired) electrons. The van der Waals surface area contributed by atoms with Crippen molar-refractivity contribution in [3.05, 3.63) is 23.9 Å². The average Bonchev–Trinajstić information content (AvgIpc) is 3.09. The number of piperazine rings is 1. The molecule has 2 bridgehead atoms. The third-order valence-corrected chi connectivity index (χ3v) is 6.07. The Morgan fingerprint density at radius 1 is 1.21 bits per heavy atom. The van der Waals surface area contributed by atoms with Crippen LogP contribution in [0.25, 0.3) is 10.2 Å². The van der Waals surface area contributed by atoms with Gasteiger partial charge < -0.3 is 24.4 Å². The van der Waals surface area contributed by atoms with Crippen LogP contribution in [0.4, 0.5) is 9.80 Å². The maximum absolute atomic E-state index is 12.4. The first kappa shape index (κ1) is 21.0. The van der Waals surface area contributed by atoms with Crippen LogP contribution in [0.5, 0.6) is 0 Å². The van der Waals surface area contributed by atoms with E-state index in [1.54, 1.807) is 17.4 Å². The van der Waals surface area contributed by atoms with Crippen LogP contribution in [0, 0.1) is 0 Å². The predicted molar refractivity (Wildman–Crippen MR) is 101 cm³/mol. The molecule has 4 rings (SSSR count). The summed E-state index contributed by atoms with van der Waals surface area (Å²) < 4.78 is 6.36. The van der Waals surface area contributed by atoms with Crippen molar-refractivity contribution >= 4 is 38.6 Å². The van der Waals surface area contributed by atoms with E-state index in [-0.39, 0.29) is 42.6 Å². The molecule has 2 fully saturated rings. The van der Waals surface area contributed by atoms with Gasteiger partial charge in [-0.25, -0.2) is 4.79 Å². The number of aromatic nitrogens is 1. The minimum atomic E-state index is -1.22. The first-order chi connectivity index (χ1) is 12.7. The Balaban J connectivity index is 0.00000225. The molecular formula is C19H22LiN3O4S. The molecule has 28 heavy (non-hydrogen) atoms. The van der Waals surface area contributed by atoms with Gasteiger partial charge in [-0.15, -0.1) is 11.3 Å². The van der Waals surface area contributed by atoms with Gasteiger partial charge in [0.2, 0.25) is 0 Å². The van der Waals surface area contributed by atoms with Crippen molar-refractivity contribution in [3.63, 3.8) is 0 Å². The SMILES string of the molecule is CC(C)(C)OC(=O)N1CC2CCC(C1)N2c1cc2ncc(C(=O)[O-])cc2s1.[Li+]. The number of anilines is 1. The molecule has 2 unspecified atom stereocenters. The second-order valence-corrected chi connectivity index (χ2v) is 9.22. The Morgan fingerprint density at radius 3 is 2.43 bits per heavy atom. The molecule has 9 heteroatoms. The largest absolute Gasteiger partial charge is 1.00 e. The number of likely N-dealkylation sites (tertiary alicyclic amines) is 1. The number of carboxylic acids is 1. The van der Waals surface area contributed by atoms with Gasteiger partial charge in [-0.1, -0.05) is 0 Å². The summed E-state index contributed by atoms with van der Waals surface area (Å²) in [4.78, 5) is 31.9. The Kier molecular flexibility index (Phi) is 5.68.